The number of ether oxygens (including phenoxy) is 3. The standard InChI is InChI=1S/C28H29NO3/c1-2-30-19-31-26-15-13-20-8-3-5-10-22(20)24(26)18-25-23-11-6-4-9-21(23)14-16-27(25)32-28-12-7-17-29-28/h3-6,8-11,13-16,28-29H,2,7,12,17-19H2,1H3. The van der Waals surface area contributed by atoms with Crippen LogP contribution in [-0.4, -0.2) is 26.2 Å². The minimum atomic E-state index is 0.0658. The lowest BCUT2D eigenvalue weighted by Crippen LogP contribution is -2.28. The quantitative estimate of drug-likeness (QED) is 0.275. The molecule has 0 aliphatic carbocycles. The van der Waals surface area contributed by atoms with Gasteiger partial charge >= 0.3 is 0 Å². The fourth-order valence-electron chi connectivity index (χ4n) is 4.51. The molecule has 1 aliphatic heterocycles. The van der Waals surface area contributed by atoms with Crippen molar-refractivity contribution in [1.29, 1.82) is 0 Å². The lowest BCUT2D eigenvalue weighted by Gasteiger charge is -2.20. The van der Waals surface area contributed by atoms with E-state index in [1.165, 1.54) is 27.1 Å². The van der Waals surface area contributed by atoms with Gasteiger partial charge in [0, 0.05) is 24.2 Å². The van der Waals surface area contributed by atoms with Gasteiger partial charge in [-0.3, -0.25) is 5.32 Å². The molecule has 0 saturated carbocycles. The van der Waals surface area contributed by atoms with Gasteiger partial charge in [-0.25, -0.2) is 0 Å². The highest BCUT2D eigenvalue weighted by molar-refractivity contribution is 5.91. The predicted octanol–water partition coefficient (Wildman–Crippen LogP) is 6.04. The predicted molar refractivity (Wildman–Crippen MR) is 129 cm³/mol. The summed E-state index contributed by atoms with van der Waals surface area (Å²) >= 11 is 0. The number of nitrogens with one attached hydrogen (secondary N) is 1. The summed E-state index contributed by atoms with van der Waals surface area (Å²) in [5.41, 5.74) is 2.35. The van der Waals surface area contributed by atoms with E-state index in [1.54, 1.807) is 0 Å². The molecule has 1 unspecified atom stereocenters. The van der Waals surface area contributed by atoms with E-state index in [2.05, 4.69) is 78.1 Å². The Morgan fingerprint density at radius 3 is 2.12 bits per heavy atom. The zero-order valence-electron chi connectivity index (χ0n) is 18.5. The van der Waals surface area contributed by atoms with E-state index in [9.17, 15) is 0 Å². The Morgan fingerprint density at radius 2 is 1.47 bits per heavy atom. The van der Waals surface area contributed by atoms with Gasteiger partial charge in [-0.05, 0) is 60.0 Å². The molecule has 164 valence electrons. The molecule has 1 heterocycles. The number of rotatable bonds is 8. The van der Waals surface area contributed by atoms with Crippen LogP contribution in [0.25, 0.3) is 21.5 Å². The molecule has 0 radical (unpaired) electrons. The summed E-state index contributed by atoms with van der Waals surface area (Å²) in [6, 6.07) is 25.4. The summed E-state index contributed by atoms with van der Waals surface area (Å²) in [6.07, 6.45) is 2.96. The van der Waals surface area contributed by atoms with Crippen LogP contribution in [0.4, 0.5) is 0 Å². The van der Waals surface area contributed by atoms with Crippen molar-refractivity contribution in [2.75, 3.05) is 19.9 Å². The molecule has 32 heavy (non-hydrogen) atoms. The number of fused-ring (bicyclic) bond motifs is 2. The Kier molecular flexibility index (Phi) is 6.24. The minimum absolute atomic E-state index is 0.0658. The summed E-state index contributed by atoms with van der Waals surface area (Å²) in [5.74, 6) is 1.79. The van der Waals surface area contributed by atoms with Gasteiger partial charge in [0.15, 0.2) is 6.79 Å². The van der Waals surface area contributed by atoms with Crippen LogP contribution in [-0.2, 0) is 11.2 Å². The highest BCUT2D eigenvalue weighted by Gasteiger charge is 2.20. The third-order valence-corrected chi connectivity index (χ3v) is 6.13. The van der Waals surface area contributed by atoms with Crippen LogP contribution in [0.3, 0.4) is 0 Å². The van der Waals surface area contributed by atoms with E-state index in [0.29, 0.717) is 13.0 Å². The van der Waals surface area contributed by atoms with Crippen molar-refractivity contribution in [3.8, 4) is 11.5 Å². The van der Waals surface area contributed by atoms with Crippen molar-refractivity contribution >= 4 is 21.5 Å². The molecule has 4 heteroatoms. The third kappa shape index (κ3) is 4.29. The molecule has 4 nitrogen and oxygen atoms in total. The number of benzene rings is 4. The van der Waals surface area contributed by atoms with Crippen LogP contribution in [0.5, 0.6) is 11.5 Å². The van der Waals surface area contributed by atoms with Crippen LogP contribution >= 0.6 is 0 Å². The molecule has 1 aliphatic rings. The van der Waals surface area contributed by atoms with Crippen molar-refractivity contribution in [3.05, 3.63) is 83.9 Å². The van der Waals surface area contributed by atoms with Gasteiger partial charge in [-0.2, -0.15) is 0 Å². The molecular weight excluding hydrogens is 398 g/mol. The SMILES string of the molecule is CCOCOc1ccc2ccccc2c1Cc1c(OC2CCCN2)ccc2ccccc12. The van der Waals surface area contributed by atoms with Crippen LogP contribution in [0, 0.1) is 0 Å². The summed E-state index contributed by atoms with van der Waals surface area (Å²) < 4.78 is 18.0. The molecule has 1 saturated heterocycles. The maximum atomic E-state index is 6.46. The van der Waals surface area contributed by atoms with E-state index in [0.717, 1.165) is 36.4 Å². The first kappa shape index (κ1) is 20.8. The Bertz CT molecular complexity index is 1210. The molecule has 4 aromatic carbocycles. The van der Waals surface area contributed by atoms with Crippen molar-refractivity contribution in [2.24, 2.45) is 0 Å². The van der Waals surface area contributed by atoms with Crippen molar-refractivity contribution < 1.29 is 14.2 Å². The molecule has 0 amide bonds. The fourth-order valence-corrected chi connectivity index (χ4v) is 4.51. The fraction of sp³-hybridized carbons (Fsp3) is 0.286. The highest BCUT2D eigenvalue weighted by atomic mass is 16.7. The lowest BCUT2D eigenvalue weighted by molar-refractivity contribution is 0.0220. The van der Waals surface area contributed by atoms with Crippen LogP contribution in [0.1, 0.15) is 30.9 Å². The van der Waals surface area contributed by atoms with Crippen molar-refractivity contribution in [2.45, 2.75) is 32.4 Å². The molecule has 4 aromatic rings. The molecule has 5 rings (SSSR count). The Labute approximate surface area is 189 Å². The zero-order valence-corrected chi connectivity index (χ0v) is 18.5. The molecule has 1 fully saturated rings. The first-order valence-electron chi connectivity index (χ1n) is 11.5. The summed E-state index contributed by atoms with van der Waals surface area (Å²) in [5, 5.41) is 8.28. The van der Waals surface area contributed by atoms with Gasteiger partial charge in [-0.15, -0.1) is 0 Å². The minimum Gasteiger partial charge on any atom is -0.475 e. The summed E-state index contributed by atoms with van der Waals surface area (Å²) in [7, 11) is 0. The van der Waals surface area contributed by atoms with Crippen molar-refractivity contribution in [3.63, 3.8) is 0 Å². The Morgan fingerprint density at radius 1 is 0.812 bits per heavy atom. The summed E-state index contributed by atoms with van der Waals surface area (Å²) in [4.78, 5) is 0. The average Bonchev–Trinajstić information content (AvgIpc) is 3.35. The maximum absolute atomic E-state index is 6.46. The largest absolute Gasteiger partial charge is 0.475 e. The first-order chi connectivity index (χ1) is 15.8. The van der Waals surface area contributed by atoms with Gasteiger partial charge in [-0.1, -0.05) is 60.7 Å². The first-order valence-corrected chi connectivity index (χ1v) is 11.5. The third-order valence-electron chi connectivity index (χ3n) is 6.13. The van der Waals surface area contributed by atoms with Gasteiger partial charge in [0.2, 0.25) is 0 Å². The second-order valence-electron chi connectivity index (χ2n) is 8.16. The second-order valence-corrected chi connectivity index (χ2v) is 8.16. The Hall–Kier alpha value is -3.08. The number of hydrogen-bond donors (Lipinski definition) is 1. The lowest BCUT2D eigenvalue weighted by atomic mass is 9.93. The van der Waals surface area contributed by atoms with E-state index in [4.69, 9.17) is 14.2 Å². The van der Waals surface area contributed by atoms with E-state index < -0.39 is 0 Å². The van der Waals surface area contributed by atoms with Crippen molar-refractivity contribution in [1.82, 2.24) is 5.32 Å². The molecule has 1 N–H and O–H groups in total. The van der Waals surface area contributed by atoms with E-state index in [-0.39, 0.29) is 13.0 Å². The molecule has 0 aromatic heterocycles. The van der Waals surface area contributed by atoms with Gasteiger partial charge in [0.1, 0.15) is 17.7 Å². The number of hydrogen-bond acceptors (Lipinski definition) is 4. The second kappa shape index (κ2) is 9.60. The molecule has 0 bridgehead atoms. The molecule has 1 atom stereocenters. The van der Waals surface area contributed by atoms with E-state index >= 15 is 0 Å². The van der Waals surface area contributed by atoms with Gasteiger partial charge in [0.05, 0.1) is 0 Å². The molecule has 0 spiro atoms. The molecular formula is C28H29NO3. The van der Waals surface area contributed by atoms with Gasteiger partial charge in [0.25, 0.3) is 0 Å². The smallest absolute Gasteiger partial charge is 0.189 e. The topological polar surface area (TPSA) is 39.7 Å². The van der Waals surface area contributed by atoms with Crippen LogP contribution in [0.15, 0.2) is 72.8 Å². The Balaban J connectivity index is 1.62. The zero-order chi connectivity index (χ0) is 21.8. The van der Waals surface area contributed by atoms with E-state index in [1.807, 2.05) is 6.92 Å². The van der Waals surface area contributed by atoms with Gasteiger partial charge < -0.3 is 14.2 Å². The highest BCUT2D eigenvalue weighted by Crippen LogP contribution is 2.36. The monoisotopic (exact) mass is 427 g/mol. The van der Waals surface area contributed by atoms with Crippen LogP contribution < -0.4 is 14.8 Å². The average molecular weight is 428 g/mol. The maximum Gasteiger partial charge on any atom is 0.189 e. The summed E-state index contributed by atoms with van der Waals surface area (Å²) in [6.45, 7) is 3.85. The normalized spacial score (nSPS) is 16.0. The van der Waals surface area contributed by atoms with Crippen LogP contribution in [0.2, 0.25) is 0 Å².